The molecule has 6 nitrogen and oxygen atoms in total. The molecular weight excluding hydrogens is 343 g/mol. The predicted octanol–water partition coefficient (Wildman–Crippen LogP) is 2.93. The van der Waals surface area contributed by atoms with Crippen LogP contribution in [0.1, 0.15) is 11.6 Å². The first kappa shape index (κ1) is 20.1. The predicted molar refractivity (Wildman–Crippen MR) is 66.5 cm³/mol. The number of halogens is 6. The zero-order valence-corrected chi connectivity index (χ0v) is 11.5. The van der Waals surface area contributed by atoms with Crippen LogP contribution in [0.4, 0.5) is 27.6 Å². The molecule has 0 bridgehead atoms. The van der Waals surface area contributed by atoms with Gasteiger partial charge in [-0.25, -0.2) is 0 Å². The number of aromatic hydroxyl groups is 1. The summed E-state index contributed by atoms with van der Waals surface area (Å²) < 4.78 is 67.7. The van der Waals surface area contributed by atoms with Crippen LogP contribution in [-0.4, -0.2) is 29.2 Å². The number of nitro benzene ring substituents is 1. The Morgan fingerprint density at radius 3 is 2.18 bits per heavy atom. The van der Waals surface area contributed by atoms with E-state index in [0.717, 1.165) is 7.11 Å². The summed E-state index contributed by atoms with van der Waals surface area (Å²) >= 11 is 0. The number of nitrogens with two attached hydrogens (primary N) is 1. The summed E-state index contributed by atoms with van der Waals surface area (Å²) in [5.74, 6) is -7.17. The summed E-state index contributed by atoms with van der Waals surface area (Å²) in [6.07, 6.45) is -5.99. The van der Waals surface area contributed by atoms with Gasteiger partial charge in [0.25, 0.3) is 5.69 Å². The van der Waals surface area contributed by atoms with Gasteiger partial charge in [0, 0.05) is 11.6 Å². The van der Waals surface area contributed by atoms with Crippen LogP contribution in [0.25, 0.3) is 0 Å². The molecule has 0 saturated carbocycles. The molecule has 22 heavy (non-hydrogen) atoms. The normalized spacial score (nSPS) is 13.2. The fourth-order valence-electron chi connectivity index (χ4n) is 1.48. The Morgan fingerprint density at radius 2 is 1.82 bits per heavy atom. The Labute approximate surface area is 126 Å². The number of rotatable bonds is 4. The molecule has 0 fully saturated rings. The molecule has 3 N–H and O–H groups in total. The molecule has 0 unspecified atom stereocenters. The topological polar surface area (TPSA) is 98.6 Å². The van der Waals surface area contributed by atoms with E-state index < -0.39 is 45.8 Å². The van der Waals surface area contributed by atoms with E-state index in [1.165, 1.54) is 0 Å². The van der Waals surface area contributed by atoms with Crippen LogP contribution in [0, 0.1) is 10.1 Å². The van der Waals surface area contributed by atoms with Crippen LogP contribution >= 0.6 is 12.4 Å². The van der Waals surface area contributed by atoms with Gasteiger partial charge in [-0.15, -0.1) is 12.4 Å². The Hall–Kier alpha value is -1.88. The van der Waals surface area contributed by atoms with E-state index in [1.807, 2.05) is 0 Å². The van der Waals surface area contributed by atoms with Crippen LogP contribution < -0.4 is 10.5 Å². The highest BCUT2D eigenvalue weighted by Gasteiger charge is 2.62. The lowest BCUT2D eigenvalue weighted by Crippen LogP contribution is -2.45. The van der Waals surface area contributed by atoms with Crippen molar-refractivity contribution < 1.29 is 36.7 Å². The van der Waals surface area contributed by atoms with Gasteiger partial charge < -0.3 is 15.6 Å². The van der Waals surface area contributed by atoms with Gasteiger partial charge >= 0.3 is 12.1 Å². The standard InChI is InChI=1S/C10H9F5N2O4.ClH/c1-21-6-3-4(17(19)20)2-5(7(6)18)8(16)9(11,12)10(13,14)15;/h2-3,8,18H,16H2,1H3;1H/t8-;/m1./s1. The molecule has 0 aromatic heterocycles. The van der Waals surface area contributed by atoms with E-state index in [9.17, 15) is 37.2 Å². The Bertz CT molecular complexity index is 567. The minimum Gasteiger partial charge on any atom is -0.504 e. The van der Waals surface area contributed by atoms with Crippen molar-refractivity contribution in [1.29, 1.82) is 0 Å². The second-order valence-corrected chi connectivity index (χ2v) is 3.94. The fourth-order valence-corrected chi connectivity index (χ4v) is 1.48. The number of hydrogen-bond acceptors (Lipinski definition) is 5. The van der Waals surface area contributed by atoms with Crippen LogP contribution in [0.15, 0.2) is 12.1 Å². The molecule has 12 heteroatoms. The van der Waals surface area contributed by atoms with Crippen molar-refractivity contribution in [3.8, 4) is 11.5 Å². The van der Waals surface area contributed by atoms with Gasteiger partial charge in [-0.3, -0.25) is 10.1 Å². The van der Waals surface area contributed by atoms with Crippen LogP contribution in [0.5, 0.6) is 11.5 Å². The summed E-state index contributed by atoms with van der Waals surface area (Å²) in [6, 6.07) is -2.04. The van der Waals surface area contributed by atoms with Crippen molar-refractivity contribution >= 4 is 18.1 Å². The van der Waals surface area contributed by atoms with Gasteiger partial charge in [-0.1, -0.05) is 0 Å². The maximum atomic E-state index is 13.2. The third-order valence-electron chi connectivity index (χ3n) is 2.62. The number of methoxy groups -OCH3 is 1. The summed E-state index contributed by atoms with van der Waals surface area (Å²) in [4.78, 5) is 9.57. The van der Waals surface area contributed by atoms with Gasteiger partial charge in [-0.05, 0) is 0 Å². The number of hydrogen-bond donors (Lipinski definition) is 2. The van der Waals surface area contributed by atoms with Crippen LogP contribution in [0.2, 0.25) is 0 Å². The third kappa shape index (κ3) is 3.47. The number of phenols is 1. The zero-order chi connectivity index (χ0) is 16.6. The number of alkyl halides is 5. The van der Waals surface area contributed by atoms with Crippen LogP contribution in [-0.2, 0) is 0 Å². The summed E-state index contributed by atoms with van der Waals surface area (Å²) in [7, 11) is 0.940. The molecule has 0 spiro atoms. The average Bonchev–Trinajstić information content (AvgIpc) is 2.36. The van der Waals surface area contributed by atoms with Crippen molar-refractivity contribution in [3.63, 3.8) is 0 Å². The van der Waals surface area contributed by atoms with Crippen molar-refractivity contribution in [1.82, 2.24) is 0 Å². The van der Waals surface area contributed by atoms with Crippen molar-refractivity contribution in [3.05, 3.63) is 27.8 Å². The molecule has 126 valence electrons. The molecule has 1 aromatic rings. The molecular formula is C10H10ClF5N2O4. The lowest BCUT2D eigenvalue weighted by Gasteiger charge is -2.26. The van der Waals surface area contributed by atoms with E-state index in [-0.39, 0.29) is 12.4 Å². The second-order valence-electron chi connectivity index (χ2n) is 3.94. The lowest BCUT2D eigenvalue weighted by atomic mass is 9.99. The molecule has 0 radical (unpaired) electrons. The first-order chi connectivity index (χ1) is 9.43. The van der Waals surface area contributed by atoms with Gasteiger partial charge in [0.2, 0.25) is 0 Å². The summed E-state index contributed by atoms with van der Waals surface area (Å²) in [5.41, 5.74) is 2.84. The minimum atomic E-state index is -5.99. The highest BCUT2D eigenvalue weighted by molar-refractivity contribution is 5.85. The minimum absolute atomic E-state index is 0. The number of nitro groups is 1. The Kier molecular flexibility index (Phi) is 5.93. The summed E-state index contributed by atoms with van der Waals surface area (Å²) in [6.45, 7) is 0. The second kappa shape index (κ2) is 6.48. The summed E-state index contributed by atoms with van der Waals surface area (Å²) in [5, 5.41) is 20.2. The van der Waals surface area contributed by atoms with Crippen LogP contribution in [0.3, 0.4) is 0 Å². The van der Waals surface area contributed by atoms with E-state index >= 15 is 0 Å². The lowest BCUT2D eigenvalue weighted by molar-refractivity contribution is -0.385. The molecule has 0 aliphatic heterocycles. The Balaban J connectivity index is 0.00000441. The van der Waals surface area contributed by atoms with E-state index in [4.69, 9.17) is 5.73 Å². The highest BCUT2D eigenvalue weighted by atomic mass is 35.5. The number of phenolic OH excluding ortho intramolecular Hbond substituents is 1. The first-order valence-electron chi connectivity index (χ1n) is 5.19. The fraction of sp³-hybridized carbons (Fsp3) is 0.400. The van der Waals surface area contributed by atoms with E-state index in [2.05, 4.69) is 4.74 Å². The van der Waals surface area contributed by atoms with E-state index in [0.29, 0.717) is 12.1 Å². The average molecular weight is 353 g/mol. The van der Waals surface area contributed by atoms with E-state index in [1.54, 1.807) is 0 Å². The number of non-ortho nitro benzene ring substituents is 1. The van der Waals surface area contributed by atoms with Crippen molar-refractivity contribution in [2.24, 2.45) is 5.73 Å². The Morgan fingerprint density at radius 1 is 1.32 bits per heavy atom. The molecule has 0 amide bonds. The van der Waals surface area contributed by atoms with Crippen molar-refractivity contribution in [2.45, 2.75) is 18.1 Å². The first-order valence-corrected chi connectivity index (χ1v) is 5.19. The zero-order valence-electron chi connectivity index (χ0n) is 10.7. The maximum Gasteiger partial charge on any atom is 0.455 e. The SMILES string of the molecule is COc1cc([N+](=O)[O-])cc([C@@H](N)C(F)(F)C(F)(F)F)c1O.Cl. The molecule has 1 aromatic carbocycles. The number of nitrogens with zero attached hydrogens (tertiary/aromatic N) is 1. The molecule has 0 heterocycles. The van der Waals surface area contributed by atoms with Gasteiger partial charge in [0.15, 0.2) is 11.5 Å². The van der Waals surface area contributed by atoms with Gasteiger partial charge in [0.1, 0.15) is 6.04 Å². The number of ether oxygens (including phenoxy) is 1. The molecule has 0 aliphatic rings. The molecule has 1 rings (SSSR count). The van der Waals surface area contributed by atoms with Gasteiger partial charge in [0.05, 0.1) is 18.1 Å². The third-order valence-corrected chi connectivity index (χ3v) is 2.62. The number of benzene rings is 1. The molecule has 1 atom stereocenters. The highest BCUT2D eigenvalue weighted by Crippen LogP contribution is 2.47. The van der Waals surface area contributed by atoms with Crippen molar-refractivity contribution in [2.75, 3.05) is 7.11 Å². The molecule has 0 saturated heterocycles. The quantitative estimate of drug-likeness (QED) is 0.493. The maximum absolute atomic E-state index is 13.2. The monoisotopic (exact) mass is 352 g/mol. The smallest absolute Gasteiger partial charge is 0.455 e. The van der Waals surface area contributed by atoms with Gasteiger partial charge in [-0.2, -0.15) is 22.0 Å². The largest absolute Gasteiger partial charge is 0.504 e. The molecule has 0 aliphatic carbocycles.